The second-order valence-corrected chi connectivity index (χ2v) is 5.45. The van der Waals surface area contributed by atoms with Gasteiger partial charge in [0.05, 0.1) is 19.3 Å². The zero-order chi connectivity index (χ0) is 14.8. The van der Waals surface area contributed by atoms with Crippen molar-refractivity contribution in [3.63, 3.8) is 0 Å². The van der Waals surface area contributed by atoms with Crippen LogP contribution in [0.25, 0.3) is 0 Å². The van der Waals surface area contributed by atoms with Crippen molar-refractivity contribution < 1.29 is 18.7 Å². The van der Waals surface area contributed by atoms with Gasteiger partial charge in [0.25, 0.3) is 0 Å². The number of amides is 2. The lowest BCUT2D eigenvalue weighted by Gasteiger charge is -2.30. The predicted molar refractivity (Wildman–Crippen MR) is 74.4 cm³/mol. The second-order valence-electron chi connectivity index (χ2n) is 5.45. The van der Waals surface area contributed by atoms with E-state index in [1.807, 2.05) is 0 Å². The van der Waals surface area contributed by atoms with Crippen molar-refractivity contribution >= 4 is 6.03 Å². The minimum atomic E-state index is -0.264. The number of carbonyl (C=O) groups is 1. The molecule has 2 aliphatic heterocycles. The van der Waals surface area contributed by atoms with Gasteiger partial charge in [0.15, 0.2) is 0 Å². The molecule has 2 heterocycles. The molecule has 0 bridgehead atoms. The lowest BCUT2D eigenvalue weighted by molar-refractivity contribution is 0.0733. The molecule has 2 amide bonds. The van der Waals surface area contributed by atoms with Crippen molar-refractivity contribution in [1.82, 2.24) is 10.2 Å². The Bertz CT molecular complexity index is 538. The fourth-order valence-electron chi connectivity index (χ4n) is 2.85. The minimum absolute atomic E-state index is 0.108. The lowest BCUT2D eigenvalue weighted by atomic mass is 10.00. The van der Waals surface area contributed by atoms with Gasteiger partial charge in [-0.05, 0) is 29.7 Å². The highest BCUT2D eigenvalue weighted by molar-refractivity contribution is 5.75. The van der Waals surface area contributed by atoms with Crippen molar-refractivity contribution in [2.45, 2.75) is 25.1 Å². The van der Waals surface area contributed by atoms with Gasteiger partial charge in [-0.15, -0.1) is 0 Å². The summed E-state index contributed by atoms with van der Waals surface area (Å²) < 4.78 is 23.9. The molecule has 1 saturated heterocycles. The van der Waals surface area contributed by atoms with Crippen molar-refractivity contribution in [3.8, 4) is 0 Å². The van der Waals surface area contributed by atoms with Crippen LogP contribution in [0.3, 0.4) is 0 Å². The molecule has 0 unspecified atom stereocenters. The maximum Gasteiger partial charge on any atom is 0.318 e. The van der Waals surface area contributed by atoms with E-state index in [1.165, 1.54) is 12.1 Å². The first kappa shape index (κ1) is 14.3. The van der Waals surface area contributed by atoms with E-state index >= 15 is 0 Å². The number of nitrogens with zero attached hydrogens (tertiary/aromatic N) is 1. The summed E-state index contributed by atoms with van der Waals surface area (Å²) >= 11 is 0. The first-order valence-electron chi connectivity index (χ1n) is 7.10. The molecule has 21 heavy (non-hydrogen) atoms. The standard InChI is InChI=1S/C15H19FN2O3/c1-20-14-9-21-8-13(14)17-15(19)18-5-4-10-2-3-12(16)6-11(10)7-18/h2-3,6,13-14H,4-5,7-9H2,1H3,(H,17,19)/t13-,14+/m0/s1. The number of carbonyl (C=O) groups excluding carboxylic acids is 1. The van der Waals surface area contributed by atoms with Crippen LogP contribution < -0.4 is 5.32 Å². The van der Waals surface area contributed by atoms with Gasteiger partial charge in [-0.1, -0.05) is 6.07 Å². The number of benzene rings is 1. The number of rotatable bonds is 2. The molecule has 3 rings (SSSR count). The van der Waals surface area contributed by atoms with Gasteiger partial charge in [0.1, 0.15) is 11.9 Å². The molecule has 1 N–H and O–H groups in total. The van der Waals surface area contributed by atoms with Crippen LogP contribution in [0.2, 0.25) is 0 Å². The van der Waals surface area contributed by atoms with Crippen molar-refractivity contribution in [3.05, 3.63) is 35.1 Å². The van der Waals surface area contributed by atoms with Gasteiger partial charge in [-0.25, -0.2) is 9.18 Å². The Morgan fingerprint density at radius 3 is 3.10 bits per heavy atom. The quantitative estimate of drug-likeness (QED) is 0.894. The highest BCUT2D eigenvalue weighted by atomic mass is 19.1. The summed E-state index contributed by atoms with van der Waals surface area (Å²) in [6.07, 6.45) is 0.640. The number of nitrogens with one attached hydrogen (secondary N) is 1. The maximum absolute atomic E-state index is 13.3. The SMILES string of the molecule is CO[C@@H]1COC[C@@H]1NC(=O)N1CCc2ccc(F)cc2C1. The van der Waals surface area contributed by atoms with E-state index in [0.717, 1.165) is 17.5 Å². The Labute approximate surface area is 123 Å². The van der Waals surface area contributed by atoms with Crippen LogP contribution >= 0.6 is 0 Å². The highest BCUT2D eigenvalue weighted by Crippen LogP contribution is 2.20. The molecule has 1 aromatic carbocycles. The van der Waals surface area contributed by atoms with Crippen LogP contribution in [-0.4, -0.2) is 49.9 Å². The first-order valence-corrected chi connectivity index (χ1v) is 7.10. The number of methoxy groups -OCH3 is 1. The molecule has 2 aliphatic rings. The molecule has 114 valence electrons. The van der Waals surface area contributed by atoms with Crippen LogP contribution in [0.5, 0.6) is 0 Å². The smallest absolute Gasteiger partial charge is 0.318 e. The van der Waals surface area contributed by atoms with E-state index in [-0.39, 0.29) is 24.0 Å². The Morgan fingerprint density at radius 2 is 2.29 bits per heavy atom. The van der Waals surface area contributed by atoms with Crippen molar-refractivity contribution in [1.29, 1.82) is 0 Å². The first-order chi connectivity index (χ1) is 10.2. The van der Waals surface area contributed by atoms with Gasteiger partial charge in [-0.2, -0.15) is 0 Å². The van der Waals surface area contributed by atoms with Crippen molar-refractivity contribution in [2.24, 2.45) is 0 Å². The molecule has 5 nitrogen and oxygen atoms in total. The van der Waals surface area contributed by atoms with Gasteiger partial charge < -0.3 is 19.7 Å². The number of halogens is 1. The summed E-state index contributed by atoms with van der Waals surface area (Å²) in [5.41, 5.74) is 1.99. The third kappa shape index (κ3) is 3.01. The van der Waals surface area contributed by atoms with Crippen molar-refractivity contribution in [2.75, 3.05) is 26.9 Å². The largest absolute Gasteiger partial charge is 0.377 e. The van der Waals surface area contributed by atoms with Gasteiger partial charge >= 0.3 is 6.03 Å². The molecule has 0 spiro atoms. The predicted octanol–water partition coefficient (Wildman–Crippen LogP) is 1.31. The fraction of sp³-hybridized carbons (Fsp3) is 0.533. The monoisotopic (exact) mass is 294 g/mol. The third-order valence-corrected chi connectivity index (χ3v) is 4.11. The second kappa shape index (κ2) is 5.99. The van der Waals surface area contributed by atoms with Crippen LogP contribution in [0.1, 0.15) is 11.1 Å². The topological polar surface area (TPSA) is 50.8 Å². The van der Waals surface area contributed by atoms with E-state index in [0.29, 0.717) is 26.3 Å². The van der Waals surface area contributed by atoms with Gasteiger partial charge in [-0.3, -0.25) is 0 Å². The van der Waals surface area contributed by atoms with E-state index in [4.69, 9.17) is 9.47 Å². The summed E-state index contributed by atoms with van der Waals surface area (Å²) in [6, 6.07) is 4.49. The Balaban J connectivity index is 1.64. The Hall–Kier alpha value is -1.66. The van der Waals surface area contributed by atoms with E-state index < -0.39 is 0 Å². The van der Waals surface area contributed by atoms with Gasteiger partial charge in [0.2, 0.25) is 0 Å². The fourth-order valence-corrected chi connectivity index (χ4v) is 2.85. The molecule has 1 fully saturated rings. The lowest BCUT2D eigenvalue weighted by Crippen LogP contribution is -2.50. The molecule has 0 saturated carbocycles. The third-order valence-electron chi connectivity index (χ3n) is 4.11. The zero-order valence-corrected chi connectivity index (χ0v) is 12.0. The van der Waals surface area contributed by atoms with E-state index in [9.17, 15) is 9.18 Å². The number of urea groups is 1. The maximum atomic E-state index is 13.3. The summed E-state index contributed by atoms with van der Waals surface area (Å²) in [5.74, 6) is -0.264. The van der Waals surface area contributed by atoms with Crippen LogP contribution in [0, 0.1) is 5.82 Å². The van der Waals surface area contributed by atoms with E-state index in [2.05, 4.69) is 5.32 Å². The molecule has 0 aliphatic carbocycles. The number of ether oxygens (including phenoxy) is 2. The zero-order valence-electron chi connectivity index (χ0n) is 12.0. The van der Waals surface area contributed by atoms with Crippen LogP contribution in [0.15, 0.2) is 18.2 Å². The van der Waals surface area contributed by atoms with Crippen LogP contribution in [0.4, 0.5) is 9.18 Å². The number of hydrogen-bond donors (Lipinski definition) is 1. The summed E-state index contributed by atoms with van der Waals surface area (Å²) in [7, 11) is 1.61. The summed E-state index contributed by atoms with van der Waals surface area (Å²) in [6.45, 7) is 2.03. The number of fused-ring (bicyclic) bond motifs is 1. The molecule has 6 heteroatoms. The average Bonchev–Trinajstić information content (AvgIpc) is 2.93. The molecular formula is C15H19FN2O3. The summed E-state index contributed by atoms with van der Waals surface area (Å²) in [5, 5.41) is 2.94. The summed E-state index contributed by atoms with van der Waals surface area (Å²) in [4.78, 5) is 14.0. The highest BCUT2D eigenvalue weighted by Gasteiger charge is 2.31. The average molecular weight is 294 g/mol. The minimum Gasteiger partial charge on any atom is -0.377 e. The van der Waals surface area contributed by atoms with E-state index in [1.54, 1.807) is 18.1 Å². The number of hydrogen-bond acceptors (Lipinski definition) is 3. The molecule has 0 radical (unpaired) electrons. The molecule has 2 atom stereocenters. The Kier molecular flexibility index (Phi) is 4.07. The Morgan fingerprint density at radius 1 is 1.43 bits per heavy atom. The van der Waals surface area contributed by atoms with Crippen LogP contribution in [-0.2, 0) is 22.4 Å². The molecule has 1 aromatic rings. The molecular weight excluding hydrogens is 275 g/mol. The molecule has 0 aromatic heterocycles. The normalized spacial score (nSPS) is 24.8. The van der Waals surface area contributed by atoms with Gasteiger partial charge in [0, 0.05) is 20.2 Å².